The third-order valence-electron chi connectivity index (χ3n) is 5.29. The molecule has 25 heavy (non-hydrogen) atoms. The Morgan fingerprint density at radius 1 is 1.20 bits per heavy atom. The van der Waals surface area contributed by atoms with E-state index in [4.69, 9.17) is 0 Å². The Hall–Kier alpha value is -1.30. The number of amides is 2. The monoisotopic (exact) mass is 366 g/mol. The number of piperazine rings is 1. The van der Waals surface area contributed by atoms with Gasteiger partial charge < -0.3 is 15.1 Å². The standard InChI is InChI=1S/C19H30N4O.ClH/c1-19(8-9-20-15-19)16-22-10-12-23(13-11-22)18(24)21(2)14-17-6-4-3-5-7-17;/h3-7,20H,8-16H2,1-2H3;1H. The number of benzene rings is 1. The van der Waals surface area contributed by atoms with Gasteiger partial charge in [0, 0.05) is 52.9 Å². The fourth-order valence-corrected chi connectivity index (χ4v) is 3.81. The fourth-order valence-electron chi connectivity index (χ4n) is 3.81. The lowest BCUT2D eigenvalue weighted by atomic mass is 9.89. The second kappa shape index (κ2) is 8.88. The first kappa shape index (κ1) is 20.0. The Kier molecular flexibility index (Phi) is 7.11. The molecule has 2 amide bonds. The van der Waals surface area contributed by atoms with Crippen LogP contribution in [0.1, 0.15) is 18.9 Å². The van der Waals surface area contributed by atoms with E-state index in [0.717, 1.165) is 45.8 Å². The van der Waals surface area contributed by atoms with Crippen LogP contribution < -0.4 is 5.32 Å². The van der Waals surface area contributed by atoms with E-state index in [1.807, 2.05) is 35.0 Å². The highest BCUT2D eigenvalue weighted by Crippen LogP contribution is 2.26. The van der Waals surface area contributed by atoms with Crippen molar-refractivity contribution in [1.82, 2.24) is 20.0 Å². The van der Waals surface area contributed by atoms with Gasteiger partial charge in [-0.25, -0.2) is 4.79 Å². The largest absolute Gasteiger partial charge is 0.323 e. The number of rotatable bonds is 4. The molecule has 0 bridgehead atoms. The molecule has 2 aliphatic rings. The van der Waals surface area contributed by atoms with Gasteiger partial charge in [-0.15, -0.1) is 12.4 Å². The van der Waals surface area contributed by atoms with Crippen LogP contribution in [-0.2, 0) is 6.54 Å². The number of hydrogen-bond donors (Lipinski definition) is 1. The summed E-state index contributed by atoms with van der Waals surface area (Å²) in [5.74, 6) is 0. The SMILES string of the molecule is CN(Cc1ccccc1)C(=O)N1CCN(CC2(C)CCNC2)CC1.Cl. The predicted octanol–water partition coefficient (Wildman–Crippen LogP) is 2.28. The van der Waals surface area contributed by atoms with Crippen LogP contribution in [0.25, 0.3) is 0 Å². The van der Waals surface area contributed by atoms with Crippen LogP contribution in [0.5, 0.6) is 0 Å². The zero-order chi connectivity index (χ0) is 17.0. The van der Waals surface area contributed by atoms with Gasteiger partial charge >= 0.3 is 6.03 Å². The van der Waals surface area contributed by atoms with Gasteiger partial charge in [0.25, 0.3) is 0 Å². The first-order valence-electron chi connectivity index (χ1n) is 9.03. The minimum absolute atomic E-state index is 0. The highest BCUT2D eigenvalue weighted by molar-refractivity contribution is 5.85. The summed E-state index contributed by atoms with van der Waals surface area (Å²) >= 11 is 0. The number of nitrogens with one attached hydrogen (secondary N) is 1. The molecule has 1 N–H and O–H groups in total. The van der Waals surface area contributed by atoms with Crippen molar-refractivity contribution in [2.24, 2.45) is 5.41 Å². The Morgan fingerprint density at radius 3 is 2.48 bits per heavy atom. The molecule has 0 spiro atoms. The lowest BCUT2D eigenvalue weighted by Gasteiger charge is -2.39. The maximum Gasteiger partial charge on any atom is 0.320 e. The molecule has 2 saturated heterocycles. The van der Waals surface area contributed by atoms with Gasteiger partial charge in [0.05, 0.1) is 0 Å². The minimum atomic E-state index is 0. The number of halogens is 1. The van der Waals surface area contributed by atoms with E-state index in [-0.39, 0.29) is 18.4 Å². The van der Waals surface area contributed by atoms with Crippen LogP contribution in [0.3, 0.4) is 0 Å². The zero-order valence-corrected chi connectivity index (χ0v) is 16.2. The molecule has 3 rings (SSSR count). The summed E-state index contributed by atoms with van der Waals surface area (Å²) in [6, 6.07) is 10.3. The van der Waals surface area contributed by atoms with E-state index < -0.39 is 0 Å². The maximum absolute atomic E-state index is 12.6. The number of hydrogen-bond acceptors (Lipinski definition) is 3. The maximum atomic E-state index is 12.6. The van der Waals surface area contributed by atoms with Gasteiger partial charge in [0.15, 0.2) is 0 Å². The Balaban J connectivity index is 0.00000225. The molecule has 2 heterocycles. The molecule has 1 aromatic rings. The zero-order valence-electron chi connectivity index (χ0n) is 15.4. The first-order valence-corrected chi connectivity index (χ1v) is 9.03. The summed E-state index contributed by atoms with van der Waals surface area (Å²) in [5.41, 5.74) is 1.57. The molecule has 1 atom stereocenters. The molecular formula is C19H31ClN4O. The molecule has 5 nitrogen and oxygen atoms in total. The molecule has 2 fully saturated rings. The van der Waals surface area contributed by atoms with Crippen LogP contribution in [0, 0.1) is 5.41 Å². The molecule has 0 aliphatic carbocycles. The Bertz CT molecular complexity index is 540. The van der Waals surface area contributed by atoms with Gasteiger partial charge in [-0.2, -0.15) is 0 Å². The summed E-state index contributed by atoms with van der Waals surface area (Å²) in [6.45, 7) is 10.1. The quantitative estimate of drug-likeness (QED) is 0.888. The molecule has 2 aliphatic heterocycles. The molecular weight excluding hydrogens is 336 g/mol. The highest BCUT2D eigenvalue weighted by Gasteiger charge is 2.32. The van der Waals surface area contributed by atoms with Crippen molar-refractivity contribution in [1.29, 1.82) is 0 Å². The van der Waals surface area contributed by atoms with Gasteiger partial charge in [0.2, 0.25) is 0 Å². The lowest BCUT2D eigenvalue weighted by molar-refractivity contribution is 0.0946. The summed E-state index contributed by atoms with van der Waals surface area (Å²) < 4.78 is 0. The molecule has 0 radical (unpaired) electrons. The van der Waals surface area contributed by atoms with Crippen molar-refractivity contribution in [2.75, 3.05) is 52.9 Å². The number of urea groups is 1. The Morgan fingerprint density at radius 2 is 1.88 bits per heavy atom. The topological polar surface area (TPSA) is 38.8 Å². The summed E-state index contributed by atoms with van der Waals surface area (Å²) in [4.78, 5) is 19.0. The smallest absolute Gasteiger partial charge is 0.320 e. The van der Waals surface area contributed by atoms with Crippen molar-refractivity contribution < 1.29 is 4.79 Å². The number of carbonyl (C=O) groups is 1. The third-order valence-corrected chi connectivity index (χ3v) is 5.29. The van der Waals surface area contributed by atoms with Gasteiger partial charge in [0.1, 0.15) is 0 Å². The van der Waals surface area contributed by atoms with Crippen molar-refractivity contribution in [2.45, 2.75) is 19.9 Å². The lowest BCUT2D eigenvalue weighted by Crippen LogP contribution is -2.53. The van der Waals surface area contributed by atoms with Gasteiger partial charge in [-0.3, -0.25) is 4.90 Å². The molecule has 0 aromatic heterocycles. The van der Waals surface area contributed by atoms with Crippen LogP contribution in [0.4, 0.5) is 4.79 Å². The van der Waals surface area contributed by atoms with Gasteiger partial charge in [-0.05, 0) is 23.9 Å². The van der Waals surface area contributed by atoms with E-state index in [1.165, 1.54) is 12.0 Å². The highest BCUT2D eigenvalue weighted by atomic mass is 35.5. The van der Waals surface area contributed by atoms with Crippen LogP contribution in [0.15, 0.2) is 30.3 Å². The number of carbonyl (C=O) groups excluding carboxylic acids is 1. The second-order valence-corrected chi connectivity index (χ2v) is 7.62. The van der Waals surface area contributed by atoms with E-state index >= 15 is 0 Å². The molecule has 0 saturated carbocycles. The molecule has 6 heteroatoms. The van der Waals surface area contributed by atoms with Crippen molar-refractivity contribution >= 4 is 18.4 Å². The van der Waals surface area contributed by atoms with E-state index in [2.05, 4.69) is 29.3 Å². The van der Waals surface area contributed by atoms with Crippen molar-refractivity contribution in [3.05, 3.63) is 35.9 Å². The molecule has 140 valence electrons. The van der Waals surface area contributed by atoms with E-state index in [9.17, 15) is 4.79 Å². The Labute approximate surface area is 157 Å². The molecule has 1 aromatic carbocycles. The van der Waals surface area contributed by atoms with Crippen LogP contribution in [0.2, 0.25) is 0 Å². The number of nitrogens with zero attached hydrogens (tertiary/aromatic N) is 3. The van der Waals surface area contributed by atoms with E-state index in [0.29, 0.717) is 12.0 Å². The second-order valence-electron chi connectivity index (χ2n) is 7.62. The van der Waals surface area contributed by atoms with Crippen LogP contribution in [-0.4, -0.2) is 73.6 Å². The third kappa shape index (κ3) is 5.33. The predicted molar refractivity (Wildman–Crippen MR) is 104 cm³/mol. The first-order chi connectivity index (χ1) is 11.6. The van der Waals surface area contributed by atoms with Crippen molar-refractivity contribution in [3.8, 4) is 0 Å². The van der Waals surface area contributed by atoms with E-state index in [1.54, 1.807) is 0 Å². The molecule has 1 unspecified atom stereocenters. The average molecular weight is 367 g/mol. The fraction of sp³-hybridized carbons (Fsp3) is 0.632. The van der Waals surface area contributed by atoms with Crippen molar-refractivity contribution in [3.63, 3.8) is 0 Å². The summed E-state index contributed by atoms with van der Waals surface area (Å²) in [5, 5.41) is 3.47. The average Bonchev–Trinajstić information content (AvgIpc) is 3.02. The van der Waals surface area contributed by atoms with Gasteiger partial charge in [-0.1, -0.05) is 37.3 Å². The minimum Gasteiger partial charge on any atom is -0.323 e. The summed E-state index contributed by atoms with van der Waals surface area (Å²) in [7, 11) is 1.90. The van der Waals surface area contributed by atoms with Crippen LogP contribution >= 0.6 is 12.4 Å². The normalized spacial score (nSPS) is 24.0. The summed E-state index contributed by atoms with van der Waals surface area (Å²) in [6.07, 6.45) is 1.26.